The molecule has 0 radical (unpaired) electrons. The van der Waals surface area contributed by atoms with Crippen molar-refractivity contribution in [2.45, 2.75) is 52.2 Å². The van der Waals surface area contributed by atoms with Gasteiger partial charge < -0.3 is 9.16 Å². The zero-order valence-corrected chi connectivity index (χ0v) is 13.0. The van der Waals surface area contributed by atoms with E-state index in [9.17, 15) is 0 Å². The highest BCUT2D eigenvalue weighted by Gasteiger charge is 2.19. The van der Waals surface area contributed by atoms with Crippen LogP contribution in [0.15, 0.2) is 0 Å². The number of hydrogen-bond acceptors (Lipinski definition) is 5. The standard InChI is InChI=1S/C11H22N2O2SSi/c1-5-6-7-8-9-14-11-12-10(13-16-11)15-17(2,3)4/h5-9H2,1-4H3. The highest BCUT2D eigenvalue weighted by atomic mass is 32.1. The molecular weight excluding hydrogens is 252 g/mol. The average Bonchev–Trinajstić information content (AvgIpc) is 2.63. The van der Waals surface area contributed by atoms with Crippen molar-refractivity contribution in [1.29, 1.82) is 0 Å². The molecule has 0 aliphatic heterocycles. The van der Waals surface area contributed by atoms with Gasteiger partial charge >= 0.3 is 6.01 Å². The second-order valence-corrected chi connectivity index (χ2v) is 10.1. The highest BCUT2D eigenvalue weighted by molar-refractivity contribution is 7.07. The lowest BCUT2D eigenvalue weighted by molar-refractivity contribution is 0.301. The van der Waals surface area contributed by atoms with Crippen LogP contribution in [0.2, 0.25) is 19.6 Å². The van der Waals surface area contributed by atoms with Crippen LogP contribution in [0.1, 0.15) is 32.6 Å². The molecule has 1 heterocycles. The molecule has 17 heavy (non-hydrogen) atoms. The maximum absolute atomic E-state index is 5.67. The lowest BCUT2D eigenvalue weighted by Gasteiger charge is -2.14. The van der Waals surface area contributed by atoms with Crippen LogP contribution in [0.3, 0.4) is 0 Å². The topological polar surface area (TPSA) is 44.2 Å². The first kappa shape index (κ1) is 14.4. The van der Waals surface area contributed by atoms with Crippen molar-refractivity contribution in [2.24, 2.45) is 0 Å². The molecule has 0 saturated carbocycles. The monoisotopic (exact) mass is 274 g/mol. The molecule has 0 aromatic carbocycles. The molecule has 0 unspecified atom stereocenters. The van der Waals surface area contributed by atoms with Crippen molar-refractivity contribution in [3.8, 4) is 11.2 Å². The first-order valence-electron chi connectivity index (χ1n) is 6.17. The van der Waals surface area contributed by atoms with Crippen LogP contribution in [0.25, 0.3) is 0 Å². The summed E-state index contributed by atoms with van der Waals surface area (Å²) in [6, 6.07) is 0.470. The zero-order chi connectivity index (χ0) is 12.7. The molecule has 1 aromatic rings. The summed E-state index contributed by atoms with van der Waals surface area (Å²) in [5.41, 5.74) is 0. The minimum Gasteiger partial charge on any atom is -0.517 e. The molecule has 0 saturated heterocycles. The van der Waals surface area contributed by atoms with Gasteiger partial charge in [-0.1, -0.05) is 26.2 Å². The molecule has 0 aliphatic carbocycles. The molecule has 0 aliphatic rings. The van der Waals surface area contributed by atoms with Crippen LogP contribution >= 0.6 is 11.5 Å². The van der Waals surface area contributed by atoms with Crippen LogP contribution < -0.4 is 9.16 Å². The Hall–Kier alpha value is -0.623. The van der Waals surface area contributed by atoms with Crippen molar-refractivity contribution in [1.82, 2.24) is 9.36 Å². The fourth-order valence-corrected chi connectivity index (χ4v) is 2.45. The average molecular weight is 274 g/mol. The number of ether oxygens (including phenoxy) is 1. The summed E-state index contributed by atoms with van der Waals surface area (Å²) in [5.74, 6) is 0. The van der Waals surface area contributed by atoms with Gasteiger partial charge in [-0.2, -0.15) is 0 Å². The molecule has 1 rings (SSSR count). The van der Waals surface area contributed by atoms with Crippen molar-refractivity contribution in [3.05, 3.63) is 0 Å². The van der Waals surface area contributed by atoms with Gasteiger partial charge in [-0.05, 0) is 26.1 Å². The van der Waals surface area contributed by atoms with E-state index in [4.69, 9.17) is 9.16 Å². The minimum absolute atomic E-state index is 0.470. The van der Waals surface area contributed by atoms with Gasteiger partial charge in [-0.15, -0.1) is 9.36 Å². The third-order valence-electron chi connectivity index (χ3n) is 2.01. The van der Waals surface area contributed by atoms with Crippen LogP contribution in [0.5, 0.6) is 11.2 Å². The van der Waals surface area contributed by atoms with Gasteiger partial charge in [0.25, 0.3) is 5.19 Å². The summed E-state index contributed by atoms with van der Waals surface area (Å²) >= 11 is 1.27. The van der Waals surface area contributed by atoms with Gasteiger partial charge in [0, 0.05) is 11.5 Å². The zero-order valence-electron chi connectivity index (χ0n) is 11.2. The van der Waals surface area contributed by atoms with Gasteiger partial charge in [0.2, 0.25) is 8.32 Å². The fraction of sp³-hybridized carbons (Fsp3) is 0.818. The number of unbranched alkanes of at least 4 members (excludes halogenated alkanes) is 3. The number of aromatic nitrogens is 2. The molecule has 6 heteroatoms. The van der Waals surface area contributed by atoms with E-state index < -0.39 is 8.32 Å². The van der Waals surface area contributed by atoms with Gasteiger partial charge in [-0.3, -0.25) is 0 Å². The number of hydrogen-bond donors (Lipinski definition) is 0. The van der Waals surface area contributed by atoms with E-state index in [0.717, 1.165) is 13.0 Å². The molecular formula is C11H22N2O2SSi. The Morgan fingerprint density at radius 1 is 1.18 bits per heavy atom. The first-order chi connectivity index (χ1) is 8.01. The Morgan fingerprint density at radius 2 is 1.94 bits per heavy atom. The smallest absolute Gasteiger partial charge is 0.317 e. The Balaban J connectivity index is 2.26. The van der Waals surface area contributed by atoms with Crippen molar-refractivity contribution >= 4 is 19.8 Å². The van der Waals surface area contributed by atoms with Crippen LogP contribution in [0.4, 0.5) is 0 Å². The lowest BCUT2D eigenvalue weighted by atomic mass is 10.2. The van der Waals surface area contributed by atoms with Crippen molar-refractivity contribution in [2.75, 3.05) is 6.61 Å². The predicted octanol–water partition coefficient (Wildman–Crippen LogP) is 3.71. The molecule has 4 nitrogen and oxygen atoms in total. The maximum atomic E-state index is 5.67. The molecule has 0 atom stereocenters. The highest BCUT2D eigenvalue weighted by Crippen LogP contribution is 2.21. The van der Waals surface area contributed by atoms with Crippen LogP contribution in [-0.2, 0) is 0 Å². The Bertz CT molecular complexity index is 326. The fourth-order valence-electron chi connectivity index (χ4n) is 1.26. The molecule has 1 aromatic heterocycles. The molecule has 0 amide bonds. The normalized spacial score (nSPS) is 11.5. The van der Waals surface area contributed by atoms with E-state index in [1.807, 2.05) is 0 Å². The second-order valence-electron chi connectivity index (χ2n) is 4.97. The number of nitrogens with zero attached hydrogens (tertiary/aromatic N) is 2. The third kappa shape index (κ3) is 6.63. The van der Waals surface area contributed by atoms with E-state index in [0.29, 0.717) is 11.2 Å². The maximum Gasteiger partial charge on any atom is 0.317 e. The van der Waals surface area contributed by atoms with E-state index in [1.54, 1.807) is 0 Å². The molecule has 0 spiro atoms. The van der Waals surface area contributed by atoms with Crippen LogP contribution in [0, 0.1) is 0 Å². The summed E-state index contributed by atoms with van der Waals surface area (Å²) in [6.07, 6.45) is 4.81. The molecule has 0 bridgehead atoms. The summed E-state index contributed by atoms with van der Waals surface area (Å²) in [5, 5.41) is 0.620. The SMILES string of the molecule is CCCCCCOc1nc(O[Si](C)(C)C)ns1. The van der Waals surface area contributed by atoms with E-state index in [2.05, 4.69) is 35.9 Å². The van der Waals surface area contributed by atoms with Crippen molar-refractivity contribution < 1.29 is 9.16 Å². The molecule has 98 valence electrons. The lowest BCUT2D eigenvalue weighted by Crippen LogP contribution is -2.29. The summed E-state index contributed by atoms with van der Waals surface area (Å²) in [7, 11) is -1.61. The summed E-state index contributed by atoms with van der Waals surface area (Å²) in [4.78, 5) is 4.21. The Labute approximate surface area is 109 Å². The van der Waals surface area contributed by atoms with Crippen molar-refractivity contribution in [3.63, 3.8) is 0 Å². The van der Waals surface area contributed by atoms with Crippen LogP contribution in [-0.4, -0.2) is 24.3 Å². The van der Waals surface area contributed by atoms with Gasteiger partial charge in [-0.25, -0.2) is 0 Å². The Kier molecular flexibility index (Phi) is 5.91. The van der Waals surface area contributed by atoms with E-state index in [1.165, 1.54) is 30.8 Å². The van der Waals surface area contributed by atoms with Gasteiger partial charge in [0.05, 0.1) is 6.61 Å². The predicted molar refractivity (Wildman–Crippen MR) is 73.5 cm³/mol. The quantitative estimate of drug-likeness (QED) is 0.535. The second kappa shape index (κ2) is 6.96. The summed E-state index contributed by atoms with van der Waals surface area (Å²) in [6.45, 7) is 9.26. The summed E-state index contributed by atoms with van der Waals surface area (Å²) < 4.78 is 15.3. The number of rotatable bonds is 8. The Morgan fingerprint density at radius 3 is 2.59 bits per heavy atom. The molecule has 0 fully saturated rings. The van der Waals surface area contributed by atoms with E-state index >= 15 is 0 Å². The molecule has 0 N–H and O–H groups in total. The van der Waals surface area contributed by atoms with E-state index in [-0.39, 0.29) is 0 Å². The largest absolute Gasteiger partial charge is 0.517 e. The van der Waals surface area contributed by atoms with Gasteiger partial charge in [0.15, 0.2) is 0 Å². The minimum atomic E-state index is -1.61. The first-order valence-corrected chi connectivity index (χ1v) is 10.3. The third-order valence-corrected chi connectivity index (χ3v) is 3.42. The van der Waals surface area contributed by atoms with Gasteiger partial charge in [0.1, 0.15) is 0 Å².